The fourth-order valence-electron chi connectivity index (χ4n) is 4.30. The monoisotopic (exact) mass is 378 g/mol. The summed E-state index contributed by atoms with van der Waals surface area (Å²) in [5, 5.41) is 0. The molecule has 1 rings (SSSR count). The van der Waals surface area contributed by atoms with Crippen molar-refractivity contribution >= 4 is 0 Å². The highest BCUT2D eigenvalue weighted by molar-refractivity contribution is 4.98. The maximum atomic E-state index is 2.63. The van der Waals surface area contributed by atoms with Gasteiger partial charge in [0.1, 0.15) is 6.17 Å². The van der Waals surface area contributed by atoms with Crippen molar-refractivity contribution < 1.29 is 0 Å². The van der Waals surface area contributed by atoms with Crippen LogP contribution in [0.25, 0.3) is 0 Å². The van der Waals surface area contributed by atoms with Crippen molar-refractivity contribution in [2.24, 2.45) is 0 Å². The van der Waals surface area contributed by atoms with Gasteiger partial charge >= 0.3 is 0 Å². The third-order valence-electron chi connectivity index (χ3n) is 6.09. The molecule has 0 N–H and O–H groups in total. The van der Waals surface area contributed by atoms with Crippen molar-refractivity contribution in [3.05, 3.63) is 12.4 Å². The second-order valence-corrected chi connectivity index (χ2v) is 8.94. The highest BCUT2D eigenvalue weighted by Crippen LogP contribution is 2.24. The van der Waals surface area contributed by atoms with Crippen molar-refractivity contribution in [3.8, 4) is 0 Å². The summed E-state index contributed by atoms with van der Waals surface area (Å²) < 4.78 is 0. The lowest BCUT2D eigenvalue weighted by Gasteiger charge is -2.35. The van der Waals surface area contributed by atoms with Crippen LogP contribution in [0.1, 0.15) is 130 Å². The second-order valence-electron chi connectivity index (χ2n) is 8.94. The summed E-state index contributed by atoms with van der Waals surface area (Å²) in [6.45, 7) is 10.5. The van der Waals surface area contributed by atoms with Gasteiger partial charge in [-0.3, -0.25) is 0 Å². The molecule has 0 bridgehead atoms. The first-order valence-electron chi connectivity index (χ1n) is 12.4. The smallest absolute Gasteiger partial charge is 0.101 e. The van der Waals surface area contributed by atoms with Crippen LogP contribution in [-0.2, 0) is 0 Å². The van der Waals surface area contributed by atoms with Crippen LogP contribution in [0, 0.1) is 0 Å². The molecule has 0 aromatic heterocycles. The minimum Gasteiger partial charge on any atom is -0.356 e. The van der Waals surface area contributed by atoms with Gasteiger partial charge in [0.15, 0.2) is 0 Å². The van der Waals surface area contributed by atoms with E-state index in [1.165, 1.54) is 109 Å². The van der Waals surface area contributed by atoms with Crippen LogP contribution < -0.4 is 0 Å². The van der Waals surface area contributed by atoms with Gasteiger partial charge in [0.05, 0.1) is 0 Å². The van der Waals surface area contributed by atoms with E-state index in [2.05, 4.69) is 49.9 Å². The number of nitrogens with zero attached hydrogens (tertiary/aromatic N) is 2. The normalized spacial score (nSPS) is 16.9. The SMILES string of the molecule is CCCCCCCCCCCN1C=CN(C(C)C)C1CCCCCCCC. The molecule has 0 aliphatic carbocycles. The van der Waals surface area contributed by atoms with E-state index in [1.54, 1.807) is 0 Å². The van der Waals surface area contributed by atoms with Crippen LogP contribution in [0.15, 0.2) is 12.4 Å². The molecule has 0 amide bonds. The molecular formula is C25H50N2. The summed E-state index contributed by atoms with van der Waals surface area (Å²) >= 11 is 0. The zero-order chi connectivity index (χ0) is 19.7. The molecular weight excluding hydrogens is 328 g/mol. The molecule has 2 heteroatoms. The van der Waals surface area contributed by atoms with Gasteiger partial charge in [-0.05, 0) is 33.1 Å². The maximum absolute atomic E-state index is 2.63. The average Bonchev–Trinajstić information content (AvgIpc) is 3.06. The third kappa shape index (κ3) is 11.1. The Kier molecular flexibility index (Phi) is 14.7. The Hall–Kier alpha value is -0.660. The molecule has 0 aromatic carbocycles. The summed E-state index contributed by atoms with van der Waals surface area (Å²) in [5.41, 5.74) is 0. The molecule has 1 aliphatic rings. The molecule has 0 fully saturated rings. The molecule has 2 nitrogen and oxygen atoms in total. The molecule has 0 saturated carbocycles. The van der Waals surface area contributed by atoms with Crippen molar-refractivity contribution in [2.45, 2.75) is 143 Å². The Labute approximate surface area is 171 Å². The largest absolute Gasteiger partial charge is 0.356 e. The summed E-state index contributed by atoms with van der Waals surface area (Å²) in [7, 11) is 0. The molecule has 1 unspecified atom stereocenters. The molecule has 0 radical (unpaired) electrons. The highest BCUT2D eigenvalue weighted by Gasteiger charge is 2.26. The van der Waals surface area contributed by atoms with Gasteiger partial charge in [0.2, 0.25) is 0 Å². The first-order chi connectivity index (χ1) is 13.2. The van der Waals surface area contributed by atoms with Crippen molar-refractivity contribution in [1.82, 2.24) is 9.80 Å². The Balaban J connectivity index is 2.17. The van der Waals surface area contributed by atoms with Gasteiger partial charge in [0, 0.05) is 25.0 Å². The van der Waals surface area contributed by atoms with E-state index in [4.69, 9.17) is 0 Å². The standard InChI is InChI=1S/C25H50N2/c1-5-7-9-11-13-14-15-17-19-21-26-22-23-27(24(3)4)25(26)20-18-16-12-10-8-6-2/h22-25H,5-21H2,1-4H3. The quantitative estimate of drug-likeness (QED) is 0.222. The number of unbranched alkanes of at least 4 members (excludes halogenated alkanes) is 13. The summed E-state index contributed by atoms with van der Waals surface area (Å²) in [6, 6.07) is 0.611. The van der Waals surface area contributed by atoms with E-state index in [0.717, 1.165) is 0 Å². The number of hydrogen-bond acceptors (Lipinski definition) is 2. The second kappa shape index (κ2) is 16.3. The zero-order valence-electron chi connectivity index (χ0n) is 19.2. The summed E-state index contributed by atoms with van der Waals surface area (Å²) in [4.78, 5) is 5.22. The van der Waals surface area contributed by atoms with E-state index in [1.807, 2.05) is 0 Å². The maximum Gasteiger partial charge on any atom is 0.101 e. The minimum absolute atomic E-state index is 0.611. The van der Waals surface area contributed by atoms with Gasteiger partial charge in [-0.15, -0.1) is 0 Å². The first kappa shape index (κ1) is 24.4. The van der Waals surface area contributed by atoms with E-state index in [9.17, 15) is 0 Å². The van der Waals surface area contributed by atoms with Crippen molar-refractivity contribution in [1.29, 1.82) is 0 Å². The van der Waals surface area contributed by atoms with Crippen LogP contribution in [0.4, 0.5) is 0 Å². The van der Waals surface area contributed by atoms with Gasteiger partial charge in [0.25, 0.3) is 0 Å². The molecule has 0 aromatic rings. The lowest BCUT2D eigenvalue weighted by molar-refractivity contribution is 0.114. The molecule has 0 saturated heterocycles. The molecule has 27 heavy (non-hydrogen) atoms. The summed E-state index contributed by atoms with van der Waals surface area (Å²) in [6.07, 6.45) is 27.8. The van der Waals surface area contributed by atoms with Crippen LogP contribution in [0.3, 0.4) is 0 Å². The molecule has 1 heterocycles. The number of rotatable bonds is 18. The molecule has 0 spiro atoms. The predicted molar refractivity (Wildman–Crippen MR) is 122 cm³/mol. The molecule has 1 aliphatic heterocycles. The first-order valence-corrected chi connectivity index (χ1v) is 12.4. The molecule has 160 valence electrons. The van der Waals surface area contributed by atoms with Gasteiger partial charge < -0.3 is 9.80 Å². The van der Waals surface area contributed by atoms with E-state index >= 15 is 0 Å². The Morgan fingerprint density at radius 2 is 1.11 bits per heavy atom. The zero-order valence-corrected chi connectivity index (χ0v) is 19.2. The van der Waals surface area contributed by atoms with Crippen LogP contribution in [0.5, 0.6) is 0 Å². The van der Waals surface area contributed by atoms with E-state index in [0.29, 0.717) is 12.2 Å². The Bertz CT molecular complexity index is 350. The predicted octanol–water partition coefficient (Wildman–Crippen LogP) is 8.09. The van der Waals surface area contributed by atoms with Crippen molar-refractivity contribution in [2.75, 3.05) is 6.54 Å². The lowest BCUT2D eigenvalue weighted by atomic mass is 10.1. The summed E-state index contributed by atoms with van der Waals surface area (Å²) in [5.74, 6) is 0. The Morgan fingerprint density at radius 1 is 0.630 bits per heavy atom. The van der Waals surface area contributed by atoms with Gasteiger partial charge in [-0.25, -0.2) is 0 Å². The highest BCUT2D eigenvalue weighted by atomic mass is 15.4. The average molecular weight is 379 g/mol. The van der Waals surface area contributed by atoms with Gasteiger partial charge in [-0.2, -0.15) is 0 Å². The fraction of sp³-hybridized carbons (Fsp3) is 0.920. The van der Waals surface area contributed by atoms with Crippen LogP contribution in [0.2, 0.25) is 0 Å². The molecule has 1 atom stereocenters. The van der Waals surface area contributed by atoms with Crippen molar-refractivity contribution in [3.63, 3.8) is 0 Å². The van der Waals surface area contributed by atoms with Gasteiger partial charge in [-0.1, -0.05) is 97.3 Å². The topological polar surface area (TPSA) is 6.48 Å². The van der Waals surface area contributed by atoms with Crippen LogP contribution in [-0.4, -0.2) is 28.6 Å². The fourth-order valence-corrected chi connectivity index (χ4v) is 4.30. The van der Waals surface area contributed by atoms with E-state index < -0.39 is 0 Å². The lowest BCUT2D eigenvalue weighted by Crippen LogP contribution is -2.42. The number of hydrogen-bond donors (Lipinski definition) is 0. The minimum atomic E-state index is 0.611. The third-order valence-corrected chi connectivity index (χ3v) is 6.09. The Morgan fingerprint density at radius 3 is 1.63 bits per heavy atom. The van der Waals surface area contributed by atoms with E-state index in [-0.39, 0.29) is 0 Å². The van der Waals surface area contributed by atoms with Crippen LogP contribution >= 0.6 is 0 Å².